The van der Waals surface area contributed by atoms with Crippen LogP contribution in [0.4, 0.5) is 0 Å². The molecule has 1 aliphatic rings. The van der Waals surface area contributed by atoms with Gasteiger partial charge in [0.15, 0.2) is 0 Å². The third-order valence-electron chi connectivity index (χ3n) is 3.00. The third kappa shape index (κ3) is 2.58. The van der Waals surface area contributed by atoms with Crippen LogP contribution in [-0.4, -0.2) is 29.9 Å². The second-order valence-corrected chi connectivity index (χ2v) is 4.16. The van der Waals surface area contributed by atoms with Crippen molar-refractivity contribution < 1.29 is 4.79 Å². The summed E-state index contributed by atoms with van der Waals surface area (Å²) in [6.07, 6.45) is 4.74. The van der Waals surface area contributed by atoms with Crippen LogP contribution < -0.4 is 5.73 Å². The van der Waals surface area contributed by atoms with E-state index in [0.29, 0.717) is 18.4 Å². The van der Waals surface area contributed by atoms with Crippen molar-refractivity contribution in [2.45, 2.75) is 38.3 Å². The van der Waals surface area contributed by atoms with E-state index in [1.54, 1.807) is 11.0 Å². The normalized spacial score (nSPS) is 19.9. The predicted octanol–water partition coefficient (Wildman–Crippen LogP) is 1.15. The van der Waals surface area contributed by atoms with E-state index in [4.69, 9.17) is 5.73 Å². The topological polar surface area (TPSA) is 46.3 Å². The lowest BCUT2D eigenvalue weighted by molar-refractivity contribution is -0.133. The van der Waals surface area contributed by atoms with Gasteiger partial charge in [-0.2, -0.15) is 0 Å². The Morgan fingerprint density at radius 3 is 2.71 bits per heavy atom. The molecule has 0 saturated heterocycles. The summed E-state index contributed by atoms with van der Waals surface area (Å²) in [5, 5.41) is 0. The summed E-state index contributed by atoms with van der Waals surface area (Å²) in [5.74, 6) is 0.726. The first kappa shape index (κ1) is 11.2. The molecule has 1 amide bonds. The maximum atomic E-state index is 11.8. The maximum Gasteiger partial charge on any atom is 0.239 e. The summed E-state index contributed by atoms with van der Waals surface area (Å²) >= 11 is 0. The monoisotopic (exact) mass is 196 g/mol. The molecule has 2 atom stereocenters. The molecule has 0 radical (unpaired) electrons. The van der Waals surface area contributed by atoms with E-state index in [1.807, 2.05) is 7.05 Å². The summed E-state index contributed by atoms with van der Waals surface area (Å²) in [6, 6.07) is -0.0861. The van der Waals surface area contributed by atoms with Crippen LogP contribution in [0.15, 0.2) is 12.7 Å². The van der Waals surface area contributed by atoms with Crippen LogP contribution in [-0.2, 0) is 4.79 Å². The molecular weight excluding hydrogens is 176 g/mol. The molecule has 80 valence electrons. The van der Waals surface area contributed by atoms with Crippen LogP contribution in [0.25, 0.3) is 0 Å². The molecule has 0 aliphatic heterocycles. The smallest absolute Gasteiger partial charge is 0.239 e. The molecule has 14 heavy (non-hydrogen) atoms. The van der Waals surface area contributed by atoms with Crippen LogP contribution in [0.1, 0.15) is 26.2 Å². The third-order valence-corrected chi connectivity index (χ3v) is 3.00. The molecule has 2 N–H and O–H groups in total. The molecule has 1 fully saturated rings. The van der Waals surface area contributed by atoms with E-state index in [1.165, 1.54) is 12.8 Å². The molecule has 0 bridgehead atoms. The largest absolute Gasteiger partial charge is 0.341 e. The van der Waals surface area contributed by atoms with Gasteiger partial charge in [-0.15, -0.1) is 6.58 Å². The van der Waals surface area contributed by atoms with Crippen molar-refractivity contribution in [2.24, 2.45) is 11.7 Å². The zero-order chi connectivity index (χ0) is 10.7. The minimum absolute atomic E-state index is 0.0318. The Hall–Kier alpha value is -0.830. The fourth-order valence-electron chi connectivity index (χ4n) is 1.64. The summed E-state index contributed by atoms with van der Waals surface area (Å²) in [5.41, 5.74) is 5.72. The summed E-state index contributed by atoms with van der Waals surface area (Å²) in [4.78, 5) is 13.5. The number of likely N-dealkylation sites (N-methyl/N-ethyl adjacent to an activating group) is 1. The van der Waals surface area contributed by atoms with Gasteiger partial charge in [0, 0.05) is 13.1 Å². The van der Waals surface area contributed by atoms with Crippen molar-refractivity contribution in [3.05, 3.63) is 12.7 Å². The minimum atomic E-state index is -0.418. The first-order chi connectivity index (χ1) is 6.57. The molecule has 0 heterocycles. The minimum Gasteiger partial charge on any atom is -0.341 e. The van der Waals surface area contributed by atoms with Crippen LogP contribution in [0, 0.1) is 5.92 Å². The Bertz CT molecular complexity index is 223. The molecule has 3 nitrogen and oxygen atoms in total. The number of nitrogens with zero attached hydrogens (tertiary/aromatic N) is 1. The quantitative estimate of drug-likeness (QED) is 0.670. The van der Waals surface area contributed by atoms with Gasteiger partial charge in [-0.3, -0.25) is 4.79 Å². The molecule has 2 unspecified atom stereocenters. The molecule has 0 aromatic carbocycles. The first-order valence-electron chi connectivity index (χ1n) is 5.21. The molecule has 1 rings (SSSR count). The van der Waals surface area contributed by atoms with Crippen LogP contribution in [0.3, 0.4) is 0 Å². The van der Waals surface area contributed by atoms with E-state index in [9.17, 15) is 4.79 Å². The van der Waals surface area contributed by atoms with Gasteiger partial charge < -0.3 is 10.6 Å². The number of nitrogens with two attached hydrogens (primary N) is 1. The SMILES string of the molecule is C=CCC(N)C(=O)N(C)C(C)C1CC1. The highest BCUT2D eigenvalue weighted by molar-refractivity contribution is 5.81. The highest BCUT2D eigenvalue weighted by Gasteiger charge is 2.33. The predicted molar refractivity (Wildman–Crippen MR) is 57.7 cm³/mol. The van der Waals surface area contributed by atoms with Crippen molar-refractivity contribution in [3.8, 4) is 0 Å². The van der Waals surface area contributed by atoms with Crippen molar-refractivity contribution in [2.75, 3.05) is 7.05 Å². The molecule has 1 saturated carbocycles. The van der Waals surface area contributed by atoms with Crippen molar-refractivity contribution in [3.63, 3.8) is 0 Å². The second kappa shape index (κ2) is 4.60. The molecule has 0 aromatic rings. The van der Waals surface area contributed by atoms with E-state index in [0.717, 1.165) is 0 Å². The number of hydrogen-bond donors (Lipinski definition) is 1. The Kier molecular flexibility index (Phi) is 3.69. The molecule has 1 aliphatic carbocycles. The van der Waals surface area contributed by atoms with Crippen molar-refractivity contribution in [1.82, 2.24) is 4.90 Å². The average Bonchev–Trinajstić information content (AvgIpc) is 2.98. The van der Waals surface area contributed by atoms with Gasteiger partial charge in [-0.1, -0.05) is 6.08 Å². The van der Waals surface area contributed by atoms with Gasteiger partial charge in [-0.25, -0.2) is 0 Å². The average molecular weight is 196 g/mol. The zero-order valence-electron chi connectivity index (χ0n) is 9.07. The van der Waals surface area contributed by atoms with Crippen molar-refractivity contribution >= 4 is 5.91 Å². The summed E-state index contributed by atoms with van der Waals surface area (Å²) < 4.78 is 0. The molecule has 3 heteroatoms. The molecular formula is C11H20N2O. The Balaban J connectivity index is 2.45. The van der Waals surface area contributed by atoms with Crippen molar-refractivity contribution in [1.29, 1.82) is 0 Å². The summed E-state index contributed by atoms with van der Waals surface area (Å²) in [7, 11) is 1.84. The highest BCUT2D eigenvalue weighted by atomic mass is 16.2. The van der Waals surface area contributed by atoms with Crippen LogP contribution >= 0.6 is 0 Å². The van der Waals surface area contributed by atoms with E-state index >= 15 is 0 Å². The number of rotatable bonds is 5. The molecule has 0 aromatic heterocycles. The first-order valence-corrected chi connectivity index (χ1v) is 5.21. The fourth-order valence-corrected chi connectivity index (χ4v) is 1.64. The van der Waals surface area contributed by atoms with Crippen LogP contribution in [0.5, 0.6) is 0 Å². The number of carbonyl (C=O) groups excluding carboxylic acids is 1. The fraction of sp³-hybridized carbons (Fsp3) is 0.727. The van der Waals surface area contributed by atoms with E-state index in [2.05, 4.69) is 13.5 Å². The second-order valence-electron chi connectivity index (χ2n) is 4.16. The van der Waals surface area contributed by atoms with E-state index in [-0.39, 0.29) is 5.91 Å². The van der Waals surface area contributed by atoms with Crippen LogP contribution in [0.2, 0.25) is 0 Å². The lowest BCUT2D eigenvalue weighted by Crippen LogP contribution is -2.46. The zero-order valence-corrected chi connectivity index (χ0v) is 9.07. The van der Waals surface area contributed by atoms with E-state index < -0.39 is 6.04 Å². The standard InChI is InChI=1S/C11H20N2O/c1-4-5-10(12)11(14)13(3)8(2)9-6-7-9/h4,8-10H,1,5-7,12H2,2-3H3. The number of carbonyl (C=O) groups is 1. The van der Waals surface area contributed by atoms with Gasteiger partial charge in [0.05, 0.1) is 6.04 Å². The Morgan fingerprint density at radius 1 is 1.71 bits per heavy atom. The maximum absolute atomic E-state index is 11.8. The van der Waals surface area contributed by atoms with Gasteiger partial charge >= 0.3 is 0 Å². The molecule has 0 spiro atoms. The van der Waals surface area contributed by atoms with Gasteiger partial charge in [0.1, 0.15) is 0 Å². The lowest BCUT2D eigenvalue weighted by atomic mass is 10.1. The number of amides is 1. The van der Waals surface area contributed by atoms with Gasteiger partial charge in [0.2, 0.25) is 5.91 Å². The highest BCUT2D eigenvalue weighted by Crippen LogP contribution is 2.34. The van der Waals surface area contributed by atoms with Gasteiger partial charge in [0.25, 0.3) is 0 Å². The Labute approximate surface area is 86.0 Å². The van der Waals surface area contributed by atoms with Gasteiger partial charge in [-0.05, 0) is 32.1 Å². The summed E-state index contributed by atoms with van der Waals surface area (Å²) in [6.45, 7) is 5.68. The lowest BCUT2D eigenvalue weighted by Gasteiger charge is -2.27. The Morgan fingerprint density at radius 2 is 2.29 bits per heavy atom. The number of hydrogen-bond acceptors (Lipinski definition) is 2.